The average Bonchev–Trinajstić information content (AvgIpc) is 2.92. The maximum absolute atomic E-state index is 4.37. The second kappa shape index (κ2) is 5.46. The van der Waals surface area contributed by atoms with Crippen LogP contribution >= 0.6 is 0 Å². The third kappa shape index (κ3) is 2.62. The third-order valence-electron chi connectivity index (χ3n) is 3.50. The first kappa shape index (κ1) is 11.6. The van der Waals surface area contributed by atoms with Crippen LogP contribution in [0.2, 0.25) is 0 Å². The van der Waals surface area contributed by atoms with Crippen molar-refractivity contribution in [2.24, 2.45) is 7.05 Å². The molecule has 1 aliphatic heterocycles. The Balaban J connectivity index is 1.85. The molecule has 2 heterocycles. The fraction of sp³-hybridized carbons (Fsp3) is 0.750. The van der Waals surface area contributed by atoms with Crippen LogP contribution in [0, 0.1) is 0 Å². The van der Waals surface area contributed by atoms with Gasteiger partial charge in [-0.1, -0.05) is 6.92 Å². The van der Waals surface area contributed by atoms with Crippen molar-refractivity contribution >= 4 is 0 Å². The second-order valence-corrected chi connectivity index (χ2v) is 4.48. The lowest BCUT2D eigenvalue weighted by Crippen LogP contribution is -2.38. The van der Waals surface area contributed by atoms with E-state index in [1.54, 1.807) is 0 Å². The molecule has 0 amide bonds. The van der Waals surface area contributed by atoms with Crippen molar-refractivity contribution in [3.05, 3.63) is 18.2 Å². The van der Waals surface area contributed by atoms with Crippen molar-refractivity contribution in [1.82, 2.24) is 19.8 Å². The minimum absolute atomic E-state index is 0.727. The fourth-order valence-corrected chi connectivity index (χ4v) is 2.43. The van der Waals surface area contributed by atoms with Crippen molar-refractivity contribution < 1.29 is 0 Å². The van der Waals surface area contributed by atoms with Crippen LogP contribution in [0.25, 0.3) is 0 Å². The summed E-state index contributed by atoms with van der Waals surface area (Å²) in [5, 5.41) is 3.43. The first-order chi connectivity index (χ1) is 7.81. The van der Waals surface area contributed by atoms with Gasteiger partial charge in [-0.05, 0) is 19.5 Å². The standard InChI is InChI=1S/C12H22N4/c1-3-16(11-4-6-13-10-11)8-5-12-14-7-9-15(12)2/h7,9,11,13H,3-6,8,10H2,1-2H3. The Kier molecular flexibility index (Phi) is 3.96. The van der Waals surface area contributed by atoms with Crippen LogP contribution in [0.5, 0.6) is 0 Å². The number of aryl methyl sites for hydroxylation is 1. The van der Waals surface area contributed by atoms with Crippen molar-refractivity contribution in [3.63, 3.8) is 0 Å². The van der Waals surface area contributed by atoms with Crippen molar-refractivity contribution in [2.45, 2.75) is 25.8 Å². The molecule has 16 heavy (non-hydrogen) atoms. The molecule has 90 valence electrons. The molecule has 1 N–H and O–H groups in total. The normalized spacial score (nSPS) is 20.8. The van der Waals surface area contributed by atoms with Gasteiger partial charge in [0, 0.05) is 45.0 Å². The molecule has 0 radical (unpaired) electrons. The molecule has 1 aromatic rings. The Morgan fingerprint density at radius 2 is 2.50 bits per heavy atom. The van der Waals surface area contributed by atoms with Gasteiger partial charge in [-0.2, -0.15) is 0 Å². The molecule has 0 saturated carbocycles. The van der Waals surface area contributed by atoms with E-state index in [-0.39, 0.29) is 0 Å². The average molecular weight is 222 g/mol. The van der Waals surface area contributed by atoms with Gasteiger partial charge in [0.15, 0.2) is 0 Å². The molecule has 0 bridgehead atoms. The van der Waals surface area contributed by atoms with E-state index < -0.39 is 0 Å². The molecule has 1 unspecified atom stereocenters. The quantitative estimate of drug-likeness (QED) is 0.794. The largest absolute Gasteiger partial charge is 0.338 e. The molecule has 0 aromatic carbocycles. The Hall–Kier alpha value is -0.870. The Bertz CT molecular complexity index is 315. The van der Waals surface area contributed by atoms with E-state index in [2.05, 4.69) is 33.7 Å². The highest BCUT2D eigenvalue weighted by Crippen LogP contribution is 2.09. The molecule has 1 aliphatic rings. The van der Waals surface area contributed by atoms with Crippen LogP contribution < -0.4 is 5.32 Å². The third-order valence-corrected chi connectivity index (χ3v) is 3.50. The van der Waals surface area contributed by atoms with Gasteiger partial charge < -0.3 is 9.88 Å². The monoisotopic (exact) mass is 222 g/mol. The van der Waals surface area contributed by atoms with Crippen molar-refractivity contribution in [3.8, 4) is 0 Å². The van der Waals surface area contributed by atoms with E-state index in [0.29, 0.717) is 0 Å². The summed E-state index contributed by atoms with van der Waals surface area (Å²) in [6, 6.07) is 0.727. The van der Waals surface area contributed by atoms with E-state index in [1.807, 2.05) is 12.4 Å². The molecule has 1 fully saturated rings. The zero-order valence-electron chi connectivity index (χ0n) is 10.3. The van der Waals surface area contributed by atoms with Crippen molar-refractivity contribution in [1.29, 1.82) is 0 Å². The van der Waals surface area contributed by atoms with Gasteiger partial charge in [-0.3, -0.25) is 4.90 Å². The smallest absolute Gasteiger partial charge is 0.109 e. The Morgan fingerprint density at radius 3 is 3.06 bits per heavy atom. The van der Waals surface area contributed by atoms with Gasteiger partial charge >= 0.3 is 0 Å². The minimum atomic E-state index is 0.727. The fourth-order valence-electron chi connectivity index (χ4n) is 2.43. The van der Waals surface area contributed by atoms with Crippen LogP contribution in [0.3, 0.4) is 0 Å². The van der Waals surface area contributed by atoms with E-state index in [4.69, 9.17) is 0 Å². The highest BCUT2D eigenvalue weighted by Gasteiger charge is 2.20. The number of hydrogen-bond acceptors (Lipinski definition) is 3. The minimum Gasteiger partial charge on any atom is -0.338 e. The molecule has 4 nitrogen and oxygen atoms in total. The molecule has 4 heteroatoms. The maximum Gasteiger partial charge on any atom is 0.109 e. The van der Waals surface area contributed by atoms with Crippen LogP contribution in [0.15, 0.2) is 12.4 Å². The maximum atomic E-state index is 4.37. The zero-order chi connectivity index (χ0) is 11.4. The lowest BCUT2D eigenvalue weighted by atomic mass is 10.2. The van der Waals surface area contributed by atoms with Crippen LogP contribution in [-0.2, 0) is 13.5 Å². The lowest BCUT2D eigenvalue weighted by molar-refractivity contribution is 0.220. The highest BCUT2D eigenvalue weighted by molar-refractivity contribution is 4.92. The number of nitrogens with zero attached hydrogens (tertiary/aromatic N) is 3. The molecular formula is C12H22N4. The summed E-state index contributed by atoms with van der Waals surface area (Å²) in [5.74, 6) is 1.18. The van der Waals surface area contributed by atoms with Crippen LogP contribution in [0.1, 0.15) is 19.2 Å². The SMILES string of the molecule is CCN(CCc1nccn1C)C1CCNC1. The van der Waals surface area contributed by atoms with E-state index >= 15 is 0 Å². The topological polar surface area (TPSA) is 33.1 Å². The molecule has 1 saturated heterocycles. The summed E-state index contributed by atoms with van der Waals surface area (Å²) in [4.78, 5) is 6.93. The van der Waals surface area contributed by atoms with Gasteiger partial charge in [-0.15, -0.1) is 0 Å². The second-order valence-electron chi connectivity index (χ2n) is 4.48. The summed E-state index contributed by atoms with van der Waals surface area (Å²) in [6.07, 6.45) is 6.23. The first-order valence-corrected chi connectivity index (χ1v) is 6.22. The summed E-state index contributed by atoms with van der Waals surface area (Å²) in [5.41, 5.74) is 0. The van der Waals surface area contributed by atoms with Crippen LogP contribution in [0.4, 0.5) is 0 Å². The number of likely N-dealkylation sites (N-methyl/N-ethyl adjacent to an activating group) is 1. The van der Waals surface area contributed by atoms with E-state index in [1.165, 1.54) is 18.8 Å². The highest BCUT2D eigenvalue weighted by atomic mass is 15.2. The van der Waals surface area contributed by atoms with Gasteiger partial charge in [0.1, 0.15) is 5.82 Å². The molecule has 2 rings (SSSR count). The number of aromatic nitrogens is 2. The summed E-state index contributed by atoms with van der Waals surface area (Å²) < 4.78 is 2.11. The first-order valence-electron chi connectivity index (χ1n) is 6.22. The molecule has 0 aliphatic carbocycles. The molecule has 0 spiro atoms. The number of rotatable bonds is 5. The zero-order valence-corrected chi connectivity index (χ0v) is 10.3. The number of hydrogen-bond donors (Lipinski definition) is 1. The van der Waals surface area contributed by atoms with Gasteiger partial charge in [0.05, 0.1) is 0 Å². The van der Waals surface area contributed by atoms with E-state index in [0.717, 1.165) is 32.1 Å². The summed E-state index contributed by atoms with van der Waals surface area (Å²) >= 11 is 0. The lowest BCUT2D eigenvalue weighted by Gasteiger charge is -2.26. The number of nitrogens with one attached hydrogen (secondary N) is 1. The Morgan fingerprint density at radius 1 is 1.62 bits per heavy atom. The number of imidazole rings is 1. The molecule has 1 aromatic heterocycles. The predicted octanol–water partition coefficient (Wildman–Crippen LogP) is 0.646. The summed E-state index contributed by atoms with van der Waals surface area (Å²) in [6.45, 7) is 6.82. The van der Waals surface area contributed by atoms with Gasteiger partial charge in [-0.25, -0.2) is 4.98 Å². The van der Waals surface area contributed by atoms with Gasteiger partial charge in [0.2, 0.25) is 0 Å². The molecule has 1 atom stereocenters. The van der Waals surface area contributed by atoms with E-state index in [9.17, 15) is 0 Å². The Labute approximate surface area is 97.7 Å². The van der Waals surface area contributed by atoms with Crippen LogP contribution in [-0.4, -0.2) is 46.7 Å². The van der Waals surface area contributed by atoms with Crippen molar-refractivity contribution in [2.75, 3.05) is 26.2 Å². The summed E-state index contributed by atoms with van der Waals surface area (Å²) in [7, 11) is 2.07. The molecular weight excluding hydrogens is 200 g/mol. The predicted molar refractivity (Wildman–Crippen MR) is 65.4 cm³/mol. The van der Waals surface area contributed by atoms with Gasteiger partial charge in [0.25, 0.3) is 0 Å².